The van der Waals surface area contributed by atoms with E-state index in [1.807, 2.05) is 0 Å². The van der Waals surface area contributed by atoms with Crippen molar-refractivity contribution in [1.82, 2.24) is 4.90 Å². The minimum atomic E-state index is 0.262. The Morgan fingerprint density at radius 3 is 2.42 bits per heavy atom. The van der Waals surface area contributed by atoms with Crippen LogP contribution in [0.2, 0.25) is 0 Å². The molecule has 2 N–H and O–H groups in total. The summed E-state index contributed by atoms with van der Waals surface area (Å²) in [5, 5.41) is 0. The lowest BCUT2D eigenvalue weighted by molar-refractivity contribution is 0.0596. The molecule has 0 aliphatic heterocycles. The summed E-state index contributed by atoms with van der Waals surface area (Å²) in [6.45, 7) is 10.2. The molecule has 1 fully saturated rings. The fraction of sp³-hybridized carbons (Fsp3) is 1.00. The van der Waals surface area contributed by atoms with Crippen molar-refractivity contribution >= 4 is 0 Å². The highest BCUT2D eigenvalue weighted by Gasteiger charge is 2.37. The van der Waals surface area contributed by atoms with Gasteiger partial charge in [-0.1, -0.05) is 40.0 Å². The molecular weight excluding hydrogens is 232 g/mol. The van der Waals surface area contributed by atoms with Crippen LogP contribution in [0.5, 0.6) is 0 Å². The maximum Gasteiger partial charge on any atom is 0.0331 e. The lowest BCUT2D eigenvalue weighted by Crippen LogP contribution is -2.55. The SMILES string of the molecule is CCC1CCCC(CN)(N(C)C(C)CC(C)C)CC1. The molecule has 0 aromatic heterocycles. The number of hydrogen-bond donors (Lipinski definition) is 1. The molecule has 0 spiro atoms. The first-order chi connectivity index (χ1) is 8.95. The van der Waals surface area contributed by atoms with Gasteiger partial charge >= 0.3 is 0 Å². The Morgan fingerprint density at radius 1 is 1.21 bits per heavy atom. The van der Waals surface area contributed by atoms with Crippen LogP contribution in [0.3, 0.4) is 0 Å². The van der Waals surface area contributed by atoms with E-state index in [2.05, 4.69) is 39.6 Å². The summed E-state index contributed by atoms with van der Waals surface area (Å²) in [6, 6.07) is 0.640. The molecule has 114 valence electrons. The lowest BCUT2D eigenvalue weighted by Gasteiger charge is -2.45. The summed E-state index contributed by atoms with van der Waals surface area (Å²) < 4.78 is 0. The van der Waals surface area contributed by atoms with Gasteiger partial charge in [-0.15, -0.1) is 0 Å². The summed E-state index contributed by atoms with van der Waals surface area (Å²) in [4.78, 5) is 2.62. The van der Waals surface area contributed by atoms with Crippen molar-refractivity contribution in [3.63, 3.8) is 0 Å². The third-order valence-electron chi connectivity index (χ3n) is 5.45. The molecule has 0 heterocycles. The Balaban J connectivity index is 2.72. The maximum absolute atomic E-state index is 6.22. The van der Waals surface area contributed by atoms with Gasteiger partial charge in [-0.2, -0.15) is 0 Å². The molecule has 3 atom stereocenters. The third-order valence-corrected chi connectivity index (χ3v) is 5.45. The van der Waals surface area contributed by atoms with Crippen molar-refractivity contribution in [3.05, 3.63) is 0 Å². The van der Waals surface area contributed by atoms with Gasteiger partial charge < -0.3 is 5.73 Å². The van der Waals surface area contributed by atoms with E-state index in [0.717, 1.165) is 18.4 Å². The Hall–Kier alpha value is -0.0800. The first-order valence-electron chi connectivity index (χ1n) is 8.38. The molecule has 1 aliphatic rings. The minimum absolute atomic E-state index is 0.262. The predicted molar refractivity (Wildman–Crippen MR) is 85.3 cm³/mol. The van der Waals surface area contributed by atoms with Crippen LogP contribution < -0.4 is 5.73 Å². The predicted octanol–water partition coefficient (Wildman–Crippen LogP) is 4.04. The van der Waals surface area contributed by atoms with Crippen LogP contribution in [0.15, 0.2) is 0 Å². The van der Waals surface area contributed by atoms with Gasteiger partial charge in [-0.3, -0.25) is 4.90 Å². The van der Waals surface area contributed by atoms with Crippen LogP contribution in [0, 0.1) is 11.8 Å². The van der Waals surface area contributed by atoms with Gasteiger partial charge in [-0.25, -0.2) is 0 Å². The summed E-state index contributed by atoms with van der Waals surface area (Å²) in [5.41, 5.74) is 6.48. The van der Waals surface area contributed by atoms with Gasteiger partial charge in [0.1, 0.15) is 0 Å². The second kappa shape index (κ2) is 7.64. The van der Waals surface area contributed by atoms with E-state index < -0.39 is 0 Å². The molecule has 2 heteroatoms. The standard InChI is InChI=1S/C17H36N2/c1-6-16-8-7-10-17(13-18,11-9-16)19(5)15(4)12-14(2)3/h14-16H,6-13,18H2,1-5H3. The van der Waals surface area contributed by atoms with E-state index in [4.69, 9.17) is 5.73 Å². The fourth-order valence-corrected chi connectivity index (χ4v) is 3.88. The Labute approximate surface area is 121 Å². The molecule has 1 saturated carbocycles. The van der Waals surface area contributed by atoms with Gasteiger partial charge in [0, 0.05) is 18.1 Å². The van der Waals surface area contributed by atoms with Crippen molar-refractivity contribution < 1.29 is 0 Å². The molecule has 1 aliphatic carbocycles. The van der Waals surface area contributed by atoms with Crippen LogP contribution >= 0.6 is 0 Å². The second-order valence-corrected chi connectivity index (χ2v) is 7.22. The fourth-order valence-electron chi connectivity index (χ4n) is 3.88. The molecule has 0 radical (unpaired) electrons. The highest BCUT2D eigenvalue weighted by Crippen LogP contribution is 2.36. The van der Waals surface area contributed by atoms with Crippen molar-refractivity contribution in [2.75, 3.05) is 13.6 Å². The van der Waals surface area contributed by atoms with Crippen LogP contribution in [0.4, 0.5) is 0 Å². The molecule has 0 aromatic rings. The molecular formula is C17H36N2. The van der Waals surface area contributed by atoms with E-state index in [9.17, 15) is 0 Å². The lowest BCUT2D eigenvalue weighted by atomic mass is 9.85. The topological polar surface area (TPSA) is 29.3 Å². The molecule has 0 aromatic carbocycles. The average molecular weight is 268 g/mol. The van der Waals surface area contributed by atoms with Gasteiger partial charge in [-0.05, 0) is 51.5 Å². The third kappa shape index (κ3) is 4.46. The van der Waals surface area contributed by atoms with Crippen molar-refractivity contribution in [1.29, 1.82) is 0 Å². The molecule has 3 unspecified atom stereocenters. The van der Waals surface area contributed by atoms with Crippen LogP contribution in [0.25, 0.3) is 0 Å². The van der Waals surface area contributed by atoms with Crippen LogP contribution in [0.1, 0.15) is 72.6 Å². The van der Waals surface area contributed by atoms with Crippen LogP contribution in [-0.2, 0) is 0 Å². The smallest absolute Gasteiger partial charge is 0.0331 e. The summed E-state index contributed by atoms with van der Waals surface area (Å²) in [5.74, 6) is 1.70. The largest absolute Gasteiger partial charge is 0.329 e. The Bertz CT molecular complexity index is 252. The maximum atomic E-state index is 6.22. The van der Waals surface area contributed by atoms with Crippen molar-refractivity contribution in [2.24, 2.45) is 17.6 Å². The van der Waals surface area contributed by atoms with E-state index in [1.54, 1.807) is 0 Å². The Morgan fingerprint density at radius 2 is 1.89 bits per heavy atom. The number of nitrogens with zero attached hydrogens (tertiary/aromatic N) is 1. The van der Waals surface area contributed by atoms with E-state index in [0.29, 0.717) is 6.04 Å². The molecule has 1 rings (SSSR count). The molecule has 19 heavy (non-hydrogen) atoms. The molecule has 2 nitrogen and oxygen atoms in total. The second-order valence-electron chi connectivity index (χ2n) is 7.22. The van der Waals surface area contributed by atoms with Crippen LogP contribution in [-0.4, -0.2) is 30.1 Å². The van der Waals surface area contributed by atoms with Gasteiger partial charge in [0.2, 0.25) is 0 Å². The zero-order chi connectivity index (χ0) is 14.5. The summed E-state index contributed by atoms with van der Waals surface area (Å²) in [7, 11) is 2.31. The van der Waals surface area contributed by atoms with Crippen molar-refractivity contribution in [3.8, 4) is 0 Å². The zero-order valence-electron chi connectivity index (χ0n) is 13.9. The average Bonchev–Trinajstić information content (AvgIpc) is 2.59. The van der Waals surface area contributed by atoms with Gasteiger partial charge in [0.15, 0.2) is 0 Å². The number of likely N-dealkylation sites (N-methyl/N-ethyl adjacent to an activating group) is 1. The van der Waals surface area contributed by atoms with Gasteiger partial charge in [0.05, 0.1) is 0 Å². The normalized spacial score (nSPS) is 30.6. The summed E-state index contributed by atoms with van der Waals surface area (Å²) in [6.07, 6.45) is 9.33. The first kappa shape index (κ1) is 17.0. The summed E-state index contributed by atoms with van der Waals surface area (Å²) >= 11 is 0. The quantitative estimate of drug-likeness (QED) is 0.737. The van der Waals surface area contributed by atoms with E-state index in [-0.39, 0.29) is 5.54 Å². The molecule has 0 saturated heterocycles. The number of nitrogens with two attached hydrogens (primary N) is 1. The van der Waals surface area contributed by atoms with Gasteiger partial charge in [0.25, 0.3) is 0 Å². The first-order valence-corrected chi connectivity index (χ1v) is 8.38. The van der Waals surface area contributed by atoms with E-state index >= 15 is 0 Å². The van der Waals surface area contributed by atoms with E-state index in [1.165, 1.54) is 44.9 Å². The highest BCUT2D eigenvalue weighted by molar-refractivity contribution is 4.94. The Kier molecular flexibility index (Phi) is 6.82. The monoisotopic (exact) mass is 268 g/mol. The molecule has 0 amide bonds. The highest BCUT2D eigenvalue weighted by atomic mass is 15.2. The minimum Gasteiger partial charge on any atom is -0.329 e. The molecule has 0 bridgehead atoms. The number of rotatable bonds is 6. The number of hydrogen-bond acceptors (Lipinski definition) is 2. The van der Waals surface area contributed by atoms with Crippen molar-refractivity contribution in [2.45, 2.75) is 84.2 Å². The zero-order valence-corrected chi connectivity index (χ0v) is 13.9.